The molecule has 2 saturated heterocycles. The molecule has 0 saturated carbocycles. The summed E-state index contributed by atoms with van der Waals surface area (Å²) in [4.78, 5) is 36.7. The molecule has 2 atom stereocenters. The number of carbonyl (C=O) groups is 2. The second-order valence-electron chi connectivity index (χ2n) is 12.0. The zero-order valence-corrected chi connectivity index (χ0v) is 28.3. The third-order valence-electron chi connectivity index (χ3n) is 9.42. The number of nitrogens with zero attached hydrogens (tertiary/aromatic N) is 3. The molecular weight excluding hydrogens is 629 g/mol. The number of carbonyl (C=O) groups excluding carboxylic acids is 2. The quantitative estimate of drug-likeness (QED) is 0.105. The van der Waals surface area contributed by atoms with Crippen molar-refractivity contribution in [2.45, 2.75) is 62.9 Å². The van der Waals surface area contributed by atoms with Gasteiger partial charge in [-0.2, -0.15) is 0 Å². The van der Waals surface area contributed by atoms with E-state index in [2.05, 4.69) is 40.1 Å². The van der Waals surface area contributed by atoms with Gasteiger partial charge in [-0.05, 0) is 88.5 Å². The minimum Gasteiger partial charge on any atom is -0.296 e. The molecule has 6 nitrogen and oxygen atoms in total. The molecule has 0 aliphatic carbocycles. The summed E-state index contributed by atoms with van der Waals surface area (Å²) in [5.74, 6) is 0.173. The van der Waals surface area contributed by atoms with E-state index < -0.39 is 0 Å². The molecule has 0 bridgehead atoms. The van der Waals surface area contributed by atoms with Crippen LogP contribution in [0.5, 0.6) is 0 Å². The van der Waals surface area contributed by atoms with Gasteiger partial charge in [0.1, 0.15) is 0 Å². The first-order valence-corrected chi connectivity index (χ1v) is 16.6. The first-order chi connectivity index (χ1) is 21.4. The SMILES string of the molecule is CCON(C=O)CC1(c2ccccc2)CCN(C(CC(C(=O)c2ccccc2)N2CCCCC2)c2ccc(Cl)c(Cl)c2)CC1.Cl. The predicted molar refractivity (Wildman–Crippen MR) is 184 cm³/mol. The maximum Gasteiger partial charge on any atom is 0.233 e. The summed E-state index contributed by atoms with van der Waals surface area (Å²) in [6, 6.07) is 25.8. The molecule has 0 N–H and O–H groups in total. The second kappa shape index (κ2) is 16.9. The van der Waals surface area contributed by atoms with Gasteiger partial charge in [-0.25, -0.2) is 5.06 Å². The van der Waals surface area contributed by atoms with Crippen LogP contribution in [0.1, 0.15) is 73.0 Å². The smallest absolute Gasteiger partial charge is 0.233 e. The monoisotopic (exact) mass is 671 g/mol. The number of piperidine rings is 2. The molecule has 2 fully saturated rings. The van der Waals surface area contributed by atoms with Gasteiger partial charge in [0.2, 0.25) is 6.41 Å². The van der Waals surface area contributed by atoms with E-state index in [1.165, 1.54) is 17.0 Å². The number of amides is 1. The Bertz CT molecular complexity index is 1360. The molecule has 0 spiro atoms. The molecular formula is C36H44Cl3N3O3. The summed E-state index contributed by atoms with van der Waals surface area (Å²) in [5, 5.41) is 2.49. The number of likely N-dealkylation sites (tertiary alicyclic amines) is 2. The topological polar surface area (TPSA) is 53.1 Å². The Balaban J connectivity index is 0.00000461. The second-order valence-corrected chi connectivity index (χ2v) is 12.9. The fourth-order valence-corrected chi connectivity index (χ4v) is 7.35. The molecule has 2 aliphatic heterocycles. The number of halogens is 3. The van der Waals surface area contributed by atoms with Gasteiger partial charge in [0, 0.05) is 17.0 Å². The van der Waals surface area contributed by atoms with Crippen LogP contribution in [0.3, 0.4) is 0 Å². The predicted octanol–water partition coefficient (Wildman–Crippen LogP) is 8.03. The zero-order chi connectivity index (χ0) is 30.9. The van der Waals surface area contributed by atoms with Crippen molar-refractivity contribution < 1.29 is 14.4 Å². The third kappa shape index (κ3) is 8.68. The molecule has 9 heteroatoms. The van der Waals surface area contributed by atoms with Crippen LogP contribution in [0.4, 0.5) is 0 Å². The van der Waals surface area contributed by atoms with E-state index in [4.69, 9.17) is 28.0 Å². The Hall–Kier alpha value is -2.45. The van der Waals surface area contributed by atoms with Crippen molar-refractivity contribution in [2.24, 2.45) is 0 Å². The lowest BCUT2D eigenvalue weighted by Gasteiger charge is -2.47. The highest BCUT2D eigenvalue weighted by Crippen LogP contribution is 2.41. The van der Waals surface area contributed by atoms with E-state index >= 15 is 0 Å². The number of hydrogen-bond donors (Lipinski definition) is 0. The maximum absolute atomic E-state index is 14.2. The average Bonchev–Trinajstić information content (AvgIpc) is 3.08. The molecule has 3 aromatic carbocycles. The van der Waals surface area contributed by atoms with E-state index in [1.54, 1.807) is 0 Å². The third-order valence-corrected chi connectivity index (χ3v) is 10.2. The molecule has 3 aromatic rings. The van der Waals surface area contributed by atoms with Gasteiger partial charge >= 0.3 is 0 Å². The Morgan fingerprint density at radius 3 is 2.13 bits per heavy atom. The van der Waals surface area contributed by atoms with Crippen LogP contribution in [-0.2, 0) is 15.0 Å². The van der Waals surface area contributed by atoms with Gasteiger partial charge < -0.3 is 0 Å². The normalized spacial score (nSPS) is 18.4. The van der Waals surface area contributed by atoms with Crippen molar-refractivity contribution in [2.75, 3.05) is 39.3 Å². The lowest BCUT2D eigenvalue weighted by atomic mass is 9.72. The lowest BCUT2D eigenvalue weighted by molar-refractivity contribution is -0.177. The van der Waals surface area contributed by atoms with Crippen LogP contribution in [-0.4, -0.2) is 72.4 Å². The van der Waals surface area contributed by atoms with Gasteiger partial charge in [-0.3, -0.25) is 24.2 Å². The Morgan fingerprint density at radius 1 is 0.889 bits per heavy atom. The standard InChI is InChI=1S/C36H43Cl2N3O3.ClH/c1-2-44-41(27-42)26-36(30-14-8-4-9-15-30)18-22-40(23-19-36)33(29-16-17-31(37)32(38)24-29)25-34(39-20-10-5-11-21-39)35(43)28-12-6-3-7-13-28;/h3-4,6-9,12-17,24,27,33-34H,2,5,10-11,18-23,25-26H2,1H3;1H. The highest BCUT2D eigenvalue weighted by atomic mass is 35.5. The Kier molecular flexibility index (Phi) is 13.3. The molecule has 0 radical (unpaired) electrons. The van der Waals surface area contributed by atoms with Crippen molar-refractivity contribution in [1.82, 2.24) is 14.9 Å². The van der Waals surface area contributed by atoms with Crippen LogP contribution >= 0.6 is 35.6 Å². The van der Waals surface area contributed by atoms with E-state index in [9.17, 15) is 9.59 Å². The first kappa shape index (κ1) is 35.4. The van der Waals surface area contributed by atoms with Crippen molar-refractivity contribution in [3.05, 3.63) is 106 Å². The molecule has 45 heavy (non-hydrogen) atoms. The van der Waals surface area contributed by atoms with Crippen molar-refractivity contribution in [3.63, 3.8) is 0 Å². The number of hydroxylamine groups is 2. The minimum absolute atomic E-state index is 0. The summed E-state index contributed by atoms with van der Waals surface area (Å²) in [5.41, 5.74) is 2.78. The van der Waals surface area contributed by atoms with Gasteiger partial charge in [0.25, 0.3) is 0 Å². The molecule has 1 amide bonds. The molecule has 2 heterocycles. The number of hydrogen-bond acceptors (Lipinski definition) is 5. The average molecular weight is 673 g/mol. The van der Waals surface area contributed by atoms with E-state index in [-0.39, 0.29) is 35.7 Å². The zero-order valence-electron chi connectivity index (χ0n) is 26.0. The first-order valence-electron chi connectivity index (χ1n) is 15.9. The number of rotatable bonds is 13. The van der Waals surface area contributed by atoms with Crippen LogP contribution in [0, 0.1) is 0 Å². The van der Waals surface area contributed by atoms with Gasteiger partial charge in [-0.15, -0.1) is 12.4 Å². The summed E-state index contributed by atoms with van der Waals surface area (Å²) in [7, 11) is 0. The van der Waals surface area contributed by atoms with Crippen LogP contribution in [0.15, 0.2) is 78.9 Å². The van der Waals surface area contributed by atoms with Crippen molar-refractivity contribution in [1.29, 1.82) is 0 Å². The number of Topliss-reactive ketones (excluding diaryl/α,β-unsaturated/α-hetero) is 1. The fraction of sp³-hybridized carbons (Fsp3) is 0.444. The van der Waals surface area contributed by atoms with Gasteiger partial charge in [-0.1, -0.05) is 96.4 Å². The highest BCUT2D eigenvalue weighted by molar-refractivity contribution is 6.42. The lowest BCUT2D eigenvalue weighted by Crippen LogP contribution is -2.51. The molecule has 0 aromatic heterocycles. The summed E-state index contributed by atoms with van der Waals surface area (Å²) in [6.45, 7) is 6.26. The van der Waals surface area contributed by atoms with Crippen LogP contribution in [0.2, 0.25) is 10.0 Å². The molecule has 2 aliphatic rings. The van der Waals surface area contributed by atoms with Crippen molar-refractivity contribution in [3.8, 4) is 0 Å². The van der Waals surface area contributed by atoms with E-state index in [1.807, 2.05) is 55.5 Å². The number of ketones is 1. The number of benzene rings is 3. The van der Waals surface area contributed by atoms with Crippen molar-refractivity contribution >= 4 is 47.8 Å². The van der Waals surface area contributed by atoms with Crippen LogP contribution in [0.25, 0.3) is 0 Å². The molecule has 2 unspecified atom stereocenters. The van der Waals surface area contributed by atoms with Gasteiger partial charge in [0.05, 0.1) is 29.2 Å². The van der Waals surface area contributed by atoms with E-state index in [0.717, 1.165) is 69.4 Å². The van der Waals surface area contributed by atoms with E-state index in [0.29, 0.717) is 29.6 Å². The van der Waals surface area contributed by atoms with Crippen LogP contribution < -0.4 is 0 Å². The largest absolute Gasteiger partial charge is 0.296 e. The minimum atomic E-state index is -0.249. The molecule has 242 valence electrons. The maximum atomic E-state index is 14.2. The summed E-state index contributed by atoms with van der Waals surface area (Å²) >= 11 is 13.0. The summed E-state index contributed by atoms with van der Waals surface area (Å²) in [6.07, 6.45) is 6.53. The fourth-order valence-electron chi connectivity index (χ4n) is 7.04. The Morgan fingerprint density at radius 2 is 1.53 bits per heavy atom. The highest BCUT2D eigenvalue weighted by Gasteiger charge is 2.41. The Labute approximate surface area is 284 Å². The van der Waals surface area contributed by atoms with Gasteiger partial charge in [0.15, 0.2) is 5.78 Å². The summed E-state index contributed by atoms with van der Waals surface area (Å²) < 4.78 is 0. The molecule has 5 rings (SSSR count).